The van der Waals surface area contributed by atoms with E-state index in [1.807, 2.05) is 24.3 Å². The Morgan fingerprint density at radius 3 is 2.73 bits per heavy atom. The average molecular weight is 227 g/mol. The standard InChI is InChI=1S/C12H19ClN2/c1-12(2,9-14)6-7-15-11-5-3-4-10(13)8-11/h3-5,8,15H,6-7,9,14H2,1-2H3. The van der Waals surface area contributed by atoms with Gasteiger partial charge in [0.15, 0.2) is 0 Å². The number of anilines is 1. The van der Waals surface area contributed by atoms with Crippen molar-refractivity contribution in [3.63, 3.8) is 0 Å². The molecule has 3 heteroatoms. The molecule has 0 radical (unpaired) electrons. The maximum atomic E-state index is 5.88. The van der Waals surface area contributed by atoms with Crippen molar-refractivity contribution in [2.24, 2.45) is 11.1 Å². The minimum absolute atomic E-state index is 0.200. The van der Waals surface area contributed by atoms with Gasteiger partial charge in [0.05, 0.1) is 0 Å². The van der Waals surface area contributed by atoms with Gasteiger partial charge in [0.2, 0.25) is 0 Å². The number of nitrogens with one attached hydrogen (secondary N) is 1. The van der Waals surface area contributed by atoms with Crippen LogP contribution in [-0.4, -0.2) is 13.1 Å². The molecule has 0 spiro atoms. The lowest BCUT2D eigenvalue weighted by atomic mass is 9.90. The first-order chi connectivity index (χ1) is 7.03. The predicted octanol–water partition coefficient (Wildman–Crippen LogP) is 3.13. The molecule has 15 heavy (non-hydrogen) atoms. The molecular formula is C12H19ClN2. The van der Waals surface area contributed by atoms with E-state index >= 15 is 0 Å². The van der Waals surface area contributed by atoms with Crippen molar-refractivity contribution in [2.75, 3.05) is 18.4 Å². The Balaban J connectivity index is 2.38. The molecule has 0 amide bonds. The summed E-state index contributed by atoms with van der Waals surface area (Å²) in [5.74, 6) is 0. The third-order valence-corrected chi connectivity index (χ3v) is 2.74. The number of nitrogens with two attached hydrogens (primary N) is 1. The first-order valence-electron chi connectivity index (χ1n) is 5.23. The van der Waals surface area contributed by atoms with Crippen LogP contribution in [-0.2, 0) is 0 Å². The van der Waals surface area contributed by atoms with Crippen LogP contribution in [0.2, 0.25) is 5.02 Å². The van der Waals surface area contributed by atoms with E-state index in [0.29, 0.717) is 6.54 Å². The largest absolute Gasteiger partial charge is 0.385 e. The second kappa shape index (κ2) is 5.38. The minimum Gasteiger partial charge on any atom is -0.385 e. The van der Waals surface area contributed by atoms with E-state index in [2.05, 4.69) is 19.2 Å². The molecule has 1 aromatic rings. The maximum Gasteiger partial charge on any atom is 0.0426 e. The Bertz CT molecular complexity index is 310. The second-order valence-corrected chi connectivity index (χ2v) is 4.99. The molecular weight excluding hydrogens is 208 g/mol. The van der Waals surface area contributed by atoms with E-state index in [-0.39, 0.29) is 5.41 Å². The molecule has 0 saturated heterocycles. The topological polar surface area (TPSA) is 38.0 Å². The van der Waals surface area contributed by atoms with Crippen LogP contribution in [0, 0.1) is 5.41 Å². The van der Waals surface area contributed by atoms with Crippen molar-refractivity contribution >= 4 is 17.3 Å². The summed E-state index contributed by atoms with van der Waals surface area (Å²) in [7, 11) is 0. The van der Waals surface area contributed by atoms with Gasteiger partial charge in [-0.05, 0) is 36.6 Å². The summed E-state index contributed by atoms with van der Waals surface area (Å²) in [6.45, 7) is 5.98. The highest BCUT2D eigenvalue weighted by atomic mass is 35.5. The van der Waals surface area contributed by atoms with Crippen molar-refractivity contribution in [1.29, 1.82) is 0 Å². The van der Waals surface area contributed by atoms with Gasteiger partial charge in [-0.2, -0.15) is 0 Å². The molecule has 0 atom stereocenters. The van der Waals surface area contributed by atoms with Gasteiger partial charge in [0.1, 0.15) is 0 Å². The van der Waals surface area contributed by atoms with E-state index in [0.717, 1.165) is 23.7 Å². The zero-order chi connectivity index (χ0) is 11.3. The van der Waals surface area contributed by atoms with Crippen molar-refractivity contribution < 1.29 is 0 Å². The molecule has 3 N–H and O–H groups in total. The Kier molecular flexibility index (Phi) is 4.43. The van der Waals surface area contributed by atoms with Crippen LogP contribution in [0.1, 0.15) is 20.3 Å². The number of hydrogen-bond donors (Lipinski definition) is 2. The highest BCUT2D eigenvalue weighted by molar-refractivity contribution is 6.30. The minimum atomic E-state index is 0.200. The lowest BCUT2D eigenvalue weighted by molar-refractivity contribution is 0.358. The second-order valence-electron chi connectivity index (χ2n) is 4.56. The molecule has 0 aliphatic rings. The number of hydrogen-bond acceptors (Lipinski definition) is 2. The van der Waals surface area contributed by atoms with Gasteiger partial charge in [-0.1, -0.05) is 31.5 Å². The summed E-state index contributed by atoms with van der Waals surface area (Å²) in [4.78, 5) is 0. The molecule has 0 fully saturated rings. The molecule has 0 aromatic heterocycles. The fourth-order valence-electron chi connectivity index (χ4n) is 1.25. The average Bonchev–Trinajstić information content (AvgIpc) is 2.18. The monoisotopic (exact) mass is 226 g/mol. The molecule has 0 bridgehead atoms. The van der Waals surface area contributed by atoms with Gasteiger partial charge in [0, 0.05) is 17.3 Å². The molecule has 0 unspecified atom stereocenters. The lowest BCUT2D eigenvalue weighted by Gasteiger charge is -2.22. The van der Waals surface area contributed by atoms with Gasteiger partial charge >= 0.3 is 0 Å². The third-order valence-electron chi connectivity index (χ3n) is 2.51. The van der Waals surface area contributed by atoms with Crippen LogP contribution in [0.3, 0.4) is 0 Å². The van der Waals surface area contributed by atoms with Crippen molar-refractivity contribution in [2.45, 2.75) is 20.3 Å². The van der Waals surface area contributed by atoms with E-state index in [1.54, 1.807) is 0 Å². The van der Waals surface area contributed by atoms with E-state index in [9.17, 15) is 0 Å². The van der Waals surface area contributed by atoms with Gasteiger partial charge in [-0.3, -0.25) is 0 Å². The summed E-state index contributed by atoms with van der Waals surface area (Å²) in [5, 5.41) is 4.10. The molecule has 0 aliphatic carbocycles. The van der Waals surface area contributed by atoms with Crippen molar-refractivity contribution in [1.82, 2.24) is 0 Å². The van der Waals surface area contributed by atoms with Crippen LogP contribution in [0.4, 0.5) is 5.69 Å². The van der Waals surface area contributed by atoms with Gasteiger partial charge in [-0.15, -0.1) is 0 Å². The SMILES string of the molecule is CC(C)(CN)CCNc1cccc(Cl)c1. The quantitative estimate of drug-likeness (QED) is 0.810. The summed E-state index contributed by atoms with van der Waals surface area (Å²) in [5.41, 5.74) is 6.93. The van der Waals surface area contributed by atoms with Gasteiger partial charge in [-0.25, -0.2) is 0 Å². The third kappa shape index (κ3) is 4.54. The van der Waals surface area contributed by atoms with Crippen molar-refractivity contribution in [3.05, 3.63) is 29.3 Å². The van der Waals surface area contributed by atoms with Gasteiger partial charge in [0.25, 0.3) is 0 Å². The molecule has 0 saturated carbocycles. The molecule has 0 heterocycles. The smallest absolute Gasteiger partial charge is 0.0426 e. The Labute approximate surface area is 96.8 Å². The Morgan fingerprint density at radius 2 is 2.13 bits per heavy atom. The van der Waals surface area contributed by atoms with Crippen LogP contribution in [0.5, 0.6) is 0 Å². The normalized spacial score (nSPS) is 11.5. The van der Waals surface area contributed by atoms with E-state index in [4.69, 9.17) is 17.3 Å². The van der Waals surface area contributed by atoms with E-state index in [1.165, 1.54) is 0 Å². The highest BCUT2D eigenvalue weighted by Crippen LogP contribution is 2.19. The van der Waals surface area contributed by atoms with Crippen LogP contribution < -0.4 is 11.1 Å². The van der Waals surface area contributed by atoms with E-state index < -0.39 is 0 Å². The summed E-state index contributed by atoms with van der Waals surface area (Å²) in [6.07, 6.45) is 1.05. The van der Waals surface area contributed by atoms with Crippen LogP contribution in [0.25, 0.3) is 0 Å². The first kappa shape index (κ1) is 12.3. The summed E-state index contributed by atoms with van der Waals surface area (Å²) >= 11 is 5.88. The van der Waals surface area contributed by atoms with Crippen LogP contribution >= 0.6 is 11.6 Å². The zero-order valence-corrected chi connectivity index (χ0v) is 10.1. The molecule has 1 rings (SSSR count). The Morgan fingerprint density at radius 1 is 1.40 bits per heavy atom. The first-order valence-corrected chi connectivity index (χ1v) is 5.61. The fourth-order valence-corrected chi connectivity index (χ4v) is 1.44. The molecule has 2 nitrogen and oxygen atoms in total. The zero-order valence-electron chi connectivity index (χ0n) is 9.39. The lowest BCUT2D eigenvalue weighted by Crippen LogP contribution is -2.26. The predicted molar refractivity (Wildman–Crippen MR) is 67.4 cm³/mol. The fraction of sp³-hybridized carbons (Fsp3) is 0.500. The summed E-state index contributed by atoms with van der Waals surface area (Å²) in [6, 6.07) is 7.76. The highest BCUT2D eigenvalue weighted by Gasteiger charge is 2.14. The molecule has 1 aromatic carbocycles. The number of rotatable bonds is 5. The molecule has 0 aliphatic heterocycles. The Hall–Kier alpha value is -0.730. The summed E-state index contributed by atoms with van der Waals surface area (Å²) < 4.78 is 0. The number of halogens is 1. The number of benzene rings is 1. The van der Waals surface area contributed by atoms with Gasteiger partial charge < -0.3 is 11.1 Å². The maximum absolute atomic E-state index is 5.88. The van der Waals surface area contributed by atoms with Crippen molar-refractivity contribution in [3.8, 4) is 0 Å². The van der Waals surface area contributed by atoms with Crippen LogP contribution in [0.15, 0.2) is 24.3 Å². The molecule has 84 valence electrons.